The number of benzene rings is 1. The minimum absolute atomic E-state index is 0.399. The van der Waals surface area contributed by atoms with Crippen molar-refractivity contribution in [2.75, 3.05) is 31.9 Å². The van der Waals surface area contributed by atoms with Gasteiger partial charge in [-0.25, -0.2) is 17.8 Å². The van der Waals surface area contributed by atoms with Gasteiger partial charge in [0.15, 0.2) is 0 Å². The Morgan fingerprint density at radius 2 is 1.73 bits per heavy atom. The molecule has 9 nitrogen and oxygen atoms in total. The van der Waals surface area contributed by atoms with Crippen LogP contribution in [0.2, 0.25) is 0 Å². The van der Waals surface area contributed by atoms with Gasteiger partial charge in [0.1, 0.15) is 11.6 Å². The monoisotopic (exact) mass is 569 g/mol. The smallest absolute Gasteiger partial charge is 0.235 e. The number of anilines is 1. The van der Waals surface area contributed by atoms with E-state index >= 15 is 0 Å². The van der Waals surface area contributed by atoms with E-state index in [-0.39, 0.29) is 0 Å². The molecule has 0 unspecified atom stereocenters. The van der Waals surface area contributed by atoms with Gasteiger partial charge in [0, 0.05) is 67.3 Å². The molecule has 0 bridgehead atoms. The van der Waals surface area contributed by atoms with E-state index in [0.29, 0.717) is 44.2 Å². The SMILES string of the molecule is C=CS(=O)(=O)N1CCN(Cc2ccc(-n3c(-c4cccnc4N)cc4ncc(-c5ccc(F)cn5)cc43)cc2)CC1. The molecule has 2 N–H and O–H groups in total. The van der Waals surface area contributed by atoms with E-state index in [4.69, 9.17) is 10.7 Å². The molecule has 6 rings (SSSR count). The highest BCUT2D eigenvalue weighted by Gasteiger charge is 2.24. The number of piperazine rings is 1. The van der Waals surface area contributed by atoms with E-state index in [2.05, 4.69) is 38.1 Å². The predicted octanol–water partition coefficient (Wildman–Crippen LogP) is 4.46. The molecule has 5 heterocycles. The Kier molecular flexibility index (Phi) is 7.08. The Morgan fingerprint density at radius 3 is 2.41 bits per heavy atom. The molecule has 11 heteroatoms. The van der Waals surface area contributed by atoms with Crippen molar-refractivity contribution < 1.29 is 12.8 Å². The number of aromatic nitrogens is 4. The Hall–Kier alpha value is -4.45. The molecular weight excluding hydrogens is 541 g/mol. The van der Waals surface area contributed by atoms with Crippen LogP contribution in [0.25, 0.3) is 39.2 Å². The molecule has 0 amide bonds. The summed E-state index contributed by atoms with van der Waals surface area (Å²) in [7, 11) is -3.39. The van der Waals surface area contributed by atoms with Crippen LogP contribution in [-0.2, 0) is 16.6 Å². The quantitative estimate of drug-likeness (QED) is 0.308. The van der Waals surface area contributed by atoms with E-state index < -0.39 is 15.8 Å². The number of hydrogen-bond acceptors (Lipinski definition) is 7. The van der Waals surface area contributed by atoms with Gasteiger partial charge < -0.3 is 10.3 Å². The highest BCUT2D eigenvalue weighted by Crippen LogP contribution is 2.34. The molecule has 0 aliphatic carbocycles. The van der Waals surface area contributed by atoms with Gasteiger partial charge in [-0.2, -0.15) is 4.31 Å². The second kappa shape index (κ2) is 10.8. The van der Waals surface area contributed by atoms with Gasteiger partial charge in [0.2, 0.25) is 10.0 Å². The van der Waals surface area contributed by atoms with Crippen LogP contribution in [0.15, 0.2) is 91.2 Å². The first-order valence-corrected chi connectivity index (χ1v) is 14.6. The lowest BCUT2D eigenvalue weighted by Crippen LogP contribution is -2.47. The fourth-order valence-electron chi connectivity index (χ4n) is 5.13. The number of pyridine rings is 3. The lowest BCUT2D eigenvalue weighted by molar-refractivity contribution is 0.182. The van der Waals surface area contributed by atoms with Crippen molar-refractivity contribution in [3.63, 3.8) is 0 Å². The summed E-state index contributed by atoms with van der Waals surface area (Å²) in [5.74, 6) is 0.00970. The van der Waals surface area contributed by atoms with Crippen molar-refractivity contribution in [1.82, 2.24) is 28.7 Å². The Balaban J connectivity index is 1.34. The summed E-state index contributed by atoms with van der Waals surface area (Å²) in [5, 5.41) is 1.01. The zero-order valence-electron chi connectivity index (χ0n) is 22.2. The fraction of sp³-hybridized carbons (Fsp3) is 0.167. The van der Waals surface area contributed by atoms with Crippen LogP contribution < -0.4 is 5.73 Å². The summed E-state index contributed by atoms with van der Waals surface area (Å²) in [5.41, 5.74) is 12.9. The maximum absolute atomic E-state index is 13.5. The Bertz CT molecular complexity index is 1830. The van der Waals surface area contributed by atoms with E-state index in [1.165, 1.54) is 16.6 Å². The molecule has 1 aliphatic rings. The van der Waals surface area contributed by atoms with Crippen LogP contribution in [0.4, 0.5) is 10.2 Å². The molecule has 0 saturated carbocycles. The summed E-state index contributed by atoms with van der Waals surface area (Å²) in [6, 6.07) is 19.0. The minimum Gasteiger partial charge on any atom is -0.383 e. The molecule has 1 fully saturated rings. The molecule has 0 radical (unpaired) electrons. The van der Waals surface area contributed by atoms with Crippen LogP contribution in [0.3, 0.4) is 0 Å². The fourth-order valence-corrected chi connectivity index (χ4v) is 6.01. The van der Waals surface area contributed by atoms with Crippen molar-refractivity contribution >= 4 is 26.9 Å². The van der Waals surface area contributed by atoms with Gasteiger partial charge in [-0.05, 0) is 54.1 Å². The molecule has 41 heavy (non-hydrogen) atoms. The summed E-state index contributed by atoms with van der Waals surface area (Å²) in [6.07, 6.45) is 4.58. The molecule has 0 atom stereocenters. The maximum atomic E-state index is 13.5. The zero-order chi connectivity index (χ0) is 28.6. The highest BCUT2D eigenvalue weighted by atomic mass is 32.2. The van der Waals surface area contributed by atoms with Crippen LogP contribution in [-0.4, -0.2) is 63.3 Å². The van der Waals surface area contributed by atoms with Crippen molar-refractivity contribution in [1.29, 1.82) is 0 Å². The predicted molar refractivity (Wildman–Crippen MR) is 158 cm³/mol. The number of nitrogens with two attached hydrogens (primary N) is 1. The number of hydrogen-bond donors (Lipinski definition) is 1. The molecule has 1 saturated heterocycles. The molecule has 1 aliphatic heterocycles. The average Bonchev–Trinajstić information content (AvgIpc) is 3.37. The van der Waals surface area contributed by atoms with E-state index in [1.54, 1.807) is 18.5 Å². The maximum Gasteiger partial charge on any atom is 0.235 e. The topological polar surface area (TPSA) is 110 Å². The van der Waals surface area contributed by atoms with Crippen molar-refractivity contribution in [3.05, 3.63) is 103 Å². The Labute approximate surface area is 237 Å². The van der Waals surface area contributed by atoms with Crippen LogP contribution in [0.5, 0.6) is 0 Å². The van der Waals surface area contributed by atoms with Gasteiger partial charge in [-0.3, -0.25) is 14.9 Å². The third-order valence-corrected chi connectivity index (χ3v) is 8.80. The second-order valence-electron chi connectivity index (χ2n) is 9.84. The second-order valence-corrected chi connectivity index (χ2v) is 11.7. The number of nitrogens with zero attached hydrogens (tertiary/aromatic N) is 6. The van der Waals surface area contributed by atoms with Gasteiger partial charge in [0.25, 0.3) is 0 Å². The third kappa shape index (κ3) is 5.34. The van der Waals surface area contributed by atoms with Crippen LogP contribution in [0.1, 0.15) is 5.56 Å². The van der Waals surface area contributed by atoms with E-state index in [9.17, 15) is 12.8 Å². The molecular formula is C30H28FN7O2S. The summed E-state index contributed by atoms with van der Waals surface area (Å²) < 4.78 is 41.2. The summed E-state index contributed by atoms with van der Waals surface area (Å²) >= 11 is 0. The molecule has 208 valence electrons. The van der Waals surface area contributed by atoms with Crippen molar-refractivity contribution in [3.8, 4) is 28.2 Å². The van der Waals surface area contributed by atoms with Crippen molar-refractivity contribution in [2.45, 2.75) is 6.54 Å². The van der Waals surface area contributed by atoms with Gasteiger partial charge >= 0.3 is 0 Å². The van der Waals surface area contributed by atoms with Crippen LogP contribution >= 0.6 is 0 Å². The van der Waals surface area contributed by atoms with Crippen LogP contribution in [0, 0.1) is 5.82 Å². The Morgan fingerprint density at radius 1 is 0.951 bits per heavy atom. The number of halogens is 1. The van der Waals surface area contributed by atoms with E-state index in [1.807, 2.05) is 36.4 Å². The summed E-state index contributed by atoms with van der Waals surface area (Å²) in [6.45, 7) is 6.30. The first kappa shape index (κ1) is 26.8. The highest BCUT2D eigenvalue weighted by molar-refractivity contribution is 7.92. The number of nitrogen functional groups attached to an aromatic ring is 1. The lowest BCUT2D eigenvalue weighted by atomic mass is 10.1. The van der Waals surface area contributed by atoms with Gasteiger partial charge in [-0.1, -0.05) is 18.7 Å². The van der Waals surface area contributed by atoms with Gasteiger partial charge in [-0.15, -0.1) is 0 Å². The standard InChI is InChI=1S/C30H28FN7O2S/c1-2-41(39,40)37-14-12-36(13-15-37)20-21-5-8-24(9-6-21)38-28(25-4-3-11-33-30(25)32)17-27-29(38)16-22(18-34-27)26-10-7-23(31)19-35-26/h2-11,16-19H,1,12-15,20H2,(H2,32,33). The van der Waals surface area contributed by atoms with Gasteiger partial charge in [0.05, 0.1) is 28.6 Å². The molecule has 0 spiro atoms. The lowest BCUT2D eigenvalue weighted by Gasteiger charge is -2.33. The number of sulfonamides is 1. The first-order valence-electron chi connectivity index (χ1n) is 13.1. The zero-order valence-corrected chi connectivity index (χ0v) is 23.0. The minimum atomic E-state index is -3.39. The number of rotatable bonds is 7. The number of fused-ring (bicyclic) bond motifs is 1. The molecule has 4 aromatic heterocycles. The molecule has 1 aromatic carbocycles. The van der Waals surface area contributed by atoms with Crippen molar-refractivity contribution in [2.24, 2.45) is 0 Å². The molecule has 5 aromatic rings. The first-order chi connectivity index (χ1) is 19.8. The normalized spacial score (nSPS) is 14.9. The van der Waals surface area contributed by atoms with E-state index in [0.717, 1.165) is 44.5 Å². The summed E-state index contributed by atoms with van der Waals surface area (Å²) in [4.78, 5) is 15.4. The third-order valence-electron chi connectivity index (χ3n) is 7.29. The average molecular weight is 570 g/mol. The largest absolute Gasteiger partial charge is 0.383 e.